The molecule has 5 heteroatoms. The first-order valence-corrected chi connectivity index (χ1v) is 5.74. The van der Waals surface area contributed by atoms with E-state index in [0.29, 0.717) is 12.2 Å². The van der Waals surface area contributed by atoms with Crippen LogP contribution in [-0.4, -0.2) is 16.5 Å². The molecule has 0 atom stereocenters. The van der Waals surface area contributed by atoms with Crippen LogP contribution >= 0.6 is 0 Å². The Morgan fingerprint density at radius 2 is 1.94 bits per heavy atom. The molecular weight excluding hydrogens is 231 g/mol. The second-order valence-electron chi connectivity index (χ2n) is 3.98. The average Bonchev–Trinajstić information content (AvgIpc) is 2.38. The lowest BCUT2D eigenvalue weighted by Crippen LogP contribution is -2.03. The average molecular weight is 246 g/mol. The maximum Gasteiger partial charge on any atom is 0.186 e. The van der Waals surface area contributed by atoms with Crippen molar-refractivity contribution in [3.05, 3.63) is 47.7 Å². The smallest absolute Gasteiger partial charge is 0.186 e. The van der Waals surface area contributed by atoms with Crippen LogP contribution in [0.2, 0.25) is 0 Å². The highest BCUT2D eigenvalue weighted by atomic mass is 19.1. The number of nitrogens with one attached hydrogen (secondary N) is 1. The summed E-state index contributed by atoms with van der Waals surface area (Å²) in [5, 5.41) is 2.92. The lowest BCUT2D eigenvalue weighted by atomic mass is 10.1. The van der Waals surface area contributed by atoms with Gasteiger partial charge in [-0.2, -0.15) is 0 Å². The molecule has 0 radical (unpaired) electrons. The third-order valence-corrected chi connectivity index (χ3v) is 2.61. The number of hydrogen-bond acceptors (Lipinski definition) is 4. The fourth-order valence-corrected chi connectivity index (χ4v) is 1.60. The van der Waals surface area contributed by atoms with E-state index < -0.39 is 5.82 Å². The van der Waals surface area contributed by atoms with E-state index in [1.807, 2.05) is 24.3 Å². The molecular formula is C13H15FN4. The van der Waals surface area contributed by atoms with E-state index in [0.717, 1.165) is 17.7 Å². The van der Waals surface area contributed by atoms with E-state index in [1.165, 1.54) is 6.33 Å². The Kier molecular flexibility index (Phi) is 3.84. The molecule has 0 aliphatic carbocycles. The van der Waals surface area contributed by atoms with Gasteiger partial charge in [-0.3, -0.25) is 0 Å². The van der Waals surface area contributed by atoms with Crippen LogP contribution in [0.4, 0.5) is 15.9 Å². The van der Waals surface area contributed by atoms with Gasteiger partial charge in [0, 0.05) is 5.69 Å². The van der Waals surface area contributed by atoms with Crippen molar-refractivity contribution >= 4 is 11.5 Å². The standard InChI is InChI=1S/C13H15FN4/c1-9-12(14)13(17-8-16-9)18-11-4-2-10(3-5-11)6-7-15/h2-5,8H,6-7,15H2,1H3,(H,16,17,18). The van der Waals surface area contributed by atoms with Gasteiger partial charge >= 0.3 is 0 Å². The van der Waals surface area contributed by atoms with Crippen molar-refractivity contribution in [2.45, 2.75) is 13.3 Å². The molecule has 0 saturated heterocycles. The van der Waals surface area contributed by atoms with Gasteiger partial charge in [-0.15, -0.1) is 0 Å². The van der Waals surface area contributed by atoms with Gasteiger partial charge in [0.2, 0.25) is 0 Å². The van der Waals surface area contributed by atoms with Crippen molar-refractivity contribution in [2.24, 2.45) is 5.73 Å². The summed E-state index contributed by atoms with van der Waals surface area (Å²) in [5.74, 6) is -0.238. The topological polar surface area (TPSA) is 63.8 Å². The van der Waals surface area contributed by atoms with Gasteiger partial charge in [0.1, 0.15) is 6.33 Å². The highest BCUT2D eigenvalue weighted by Gasteiger charge is 2.07. The Morgan fingerprint density at radius 3 is 2.61 bits per heavy atom. The van der Waals surface area contributed by atoms with Crippen LogP contribution in [0.1, 0.15) is 11.3 Å². The second-order valence-corrected chi connectivity index (χ2v) is 3.98. The van der Waals surface area contributed by atoms with Crippen LogP contribution in [0.25, 0.3) is 0 Å². The monoisotopic (exact) mass is 246 g/mol. The summed E-state index contributed by atoms with van der Waals surface area (Å²) in [5.41, 5.74) is 7.74. The highest BCUT2D eigenvalue weighted by molar-refractivity contribution is 5.57. The van der Waals surface area contributed by atoms with Crippen molar-refractivity contribution < 1.29 is 4.39 Å². The van der Waals surface area contributed by atoms with E-state index in [4.69, 9.17) is 5.73 Å². The molecule has 1 aromatic heterocycles. The third kappa shape index (κ3) is 2.81. The number of nitrogens with two attached hydrogens (primary N) is 1. The van der Waals surface area contributed by atoms with Gasteiger partial charge in [0.15, 0.2) is 11.6 Å². The fourth-order valence-electron chi connectivity index (χ4n) is 1.60. The first-order valence-electron chi connectivity index (χ1n) is 5.74. The molecule has 0 fully saturated rings. The Bertz CT molecular complexity index is 525. The van der Waals surface area contributed by atoms with E-state index in [2.05, 4.69) is 15.3 Å². The van der Waals surface area contributed by atoms with Crippen molar-refractivity contribution in [1.29, 1.82) is 0 Å². The number of halogens is 1. The number of benzene rings is 1. The number of hydrogen-bond donors (Lipinski definition) is 2. The van der Waals surface area contributed by atoms with Crippen LogP contribution in [0, 0.1) is 12.7 Å². The summed E-state index contributed by atoms with van der Waals surface area (Å²) in [7, 11) is 0. The molecule has 2 aromatic rings. The number of aryl methyl sites for hydroxylation is 1. The van der Waals surface area contributed by atoms with E-state index in [1.54, 1.807) is 6.92 Å². The quantitative estimate of drug-likeness (QED) is 0.867. The van der Waals surface area contributed by atoms with Crippen LogP contribution in [0.3, 0.4) is 0 Å². The van der Waals surface area contributed by atoms with Crippen LogP contribution in [-0.2, 0) is 6.42 Å². The van der Waals surface area contributed by atoms with E-state index >= 15 is 0 Å². The maximum atomic E-state index is 13.7. The molecule has 0 aliphatic heterocycles. The number of rotatable bonds is 4. The third-order valence-electron chi connectivity index (χ3n) is 2.61. The molecule has 0 spiro atoms. The molecule has 18 heavy (non-hydrogen) atoms. The minimum Gasteiger partial charge on any atom is -0.338 e. The molecule has 4 nitrogen and oxygen atoms in total. The lowest BCUT2D eigenvalue weighted by molar-refractivity contribution is 0.607. The van der Waals surface area contributed by atoms with Crippen molar-refractivity contribution in [2.75, 3.05) is 11.9 Å². The van der Waals surface area contributed by atoms with Crippen molar-refractivity contribution in [1.82, 2.24) is 9.97 Å². The maximum absolute atomic E-state index is 13.7. The van der Waals surface area contributed by atoms with Crippen LogP contribution in [0.5, 0.6) is 0 Å². The Morgan fingerprint density at radius 1 is 1.22 bits per heavy atom. The largest absolute Gasteiger partial charge is 0.338 e. The molecule has 0 amide bonds. The molecule has 0 unspecified atom stereocenters. The molecule has 1 aromatic carbocycles. The fraction of sp³-hybridized carbons (Fsp3) is 0.231. The van der Waals surface area contributed by atoms with Gasteiger partial charge in [-0.1, -0.05) is 12.1 Å². The van der Waals surface area contributed by atoms with E-state index in [9.17, 15) is 4.39 Å². The van der Waals surface area contributed by atoms with Crippen LogP contribution < -0.4 is 11.1 Å². The summed E-state index contributed by atoms with van der Waals surface area (Å²) in [6, 6.07) is 7.67. The predicted octanol–water partition coefficient (Wildman–Crippen LogP) is 2.17. The molecule has 1 heterocycles. The van der Waals surface area contributed by atoms with Gasteiger partial charge in [0.05, 0.1) is 5.69 Å². The Balaban J connectivity index is 2.16. The first kappa shape index (κ1) is 12.4. The highest BCUT2D eigenvalue weighted by Crippen LogP contribution is 2.18. The zero-order valence-electron chi connectivity index (χ0n) is 10.2. The summed E-state index contributed by atoms with van der Waals surface area (Å²) < 4.78 is 13.7. The molecule has 0 aliphatic rings. The minimum atomic E-state index is -0.427. The van der Waals surface area contributed by atoms with Gasteiger partial charge < -0.3 is 11.1 Å². The van der Waals surface area contributed by atoms with E-state index in [-0.39, 0.29) is 5.82 Å². The summed E-state index contributed by atoms with van der Waals surface area (Å²) in [6.07, 6.45) is 2.17. The molecule has 0 saturated carbocycles. The zero-order valence-corrected chi connectivity index (χ0v) is 10.2. The first-order chi connectivity index (χ1) is 8.70. The SMILES string of the molecule is Cc1ncnc(Nc2ccc(CCN)cc2)c1F. The van der Waals surface area contributed by atoms with Gasteiger partial charge in [0.25, 0.3) is 0 Å². The number of nitrogens with zero attached hydrogens (tertiary/aromatic N) is 2. The summed E-state index contributed by atoms with van der Waals surface area (Å²) >= 11 is 0. The second kappa shape index (κ2) is 5.55. The molecule has 94 valence electrons. The normalized spacial score (nSPS) is 10.4. The Hall–Kier alpha value is -2.01. The minimum absolute atomic E-state index is 0.189. The van der Waals surface area contributed by atoms with Crippen LogP contribution in [0.15, 0.2) is 30.6 Å². The predicted molar refractivity (Wildman–Crippen MR) is 69.2 cm³/mol. The Labute approximate surface area is 105 Å². The summed E-state index contributed by atoms with van der Waals surface area (Å²) in [6.45, 7) is 2.22. The number of aromatic nitrogens is 2. The summed E-state index contributed by atoms with van der Waals surface area (Å²) in [4.78, 5) is 7.66. The molecule has 0 bridgehead atoms. The number of anilines is 2. The van der Waals surface area contributed by atoms with Crippen molar-refractivity contribution in [3.8, 4) is 0 Å². The van der Waals surface area contributed by atoms with Gasteiger partial charge in [-0.05, 0) is 37.6 Å². The van der Waals surface area contributed by atoms with Crippen molar-refractivity contribution in [3.63, 3.8) is 0 Å². The molecule has 3 N–H and O–H groups in total. The lowest BCUT2D eigenvalue weighted by Gasteiger charge is -2.08. The molecule has 2 rings (SSSR count). The zero-order chi connectivity index (χ0) is 13.0. The van der Waals surface area contributed by atoms with Gasteiger partial charge in [-0.25, -0.2) is 14.4 Å².